The van der Waals surface area contributed by atoms with Crippen LogP contribution in [-0.4, -0.2) is 55.0 Å². The molecule has 2 amide bonds. The number of hydrogen-bond donors (Lipinski definition) is 2. The number of nitrogens with zero attached hydrogens (tertiary/aromatic N) is 1. The van der Waals surface area contributed by atoms with E-state index in [4.69, 9.17) is 4.74 Å². The van der Waals surface area contributed by atoms with Gasteiger partial charge in [0.2, 0.25) is 5.91 Å². The normalized spacial score (nSPS) is 16.1. The summed E-state index contributed by atoms with van der Waals surface area (Å²) in [6, 6.07) is 6.57. The molecule has 2 rings (SSSR count). The Kier molecular flexibility index (Phi) is 9.37. The molecule has 0 bridgehead atoms. The number of carbonyl (C=O) groups excluding carboxylic acids is 2. The van der Waals surface area contributed by atoms with Gasteiger partial charge in [0.25, 0.3) is 5.91 Å². The van der Waals surface area contributed by atoms with Gasteiger partial charge >= 0.3 is 0 Å². The maximum absolute atomic E-state index is 12.9. The molecule has 1 aromatic rings. The predicted octanol–water partition coefficient (Wildman–Crippen LogP) is 3.39. The van der Waals surface area contributed by atoms with Crippen molar-refractivity contribution in [1.82, 2.24) is 15.5 Å². The topological polar surface area (TPSA) is 70.7 Å². The average Bonchev–Trinajstić information content (AvgIpc) is 2.71. The highest BCUT2D eigenvalue weighted by Crippen LogP contribution is 2.14. The van der Waals surface area contributed by atoms with Crippen molar-refractivity contribution in [2.24, 2.45) is 5.92 Å². The lowest BCUT2D eigenvalue weighted by Gasteiger charge is -2.33. The molecule has 6 heteroatoms. The van der Waals surface area contributed by atoms with Gasteiger partial charge in [-0.15, -0.1) is 0 Å². The molecule has 2 N–H and O–H groups in total. The molecule has 0 saturated carbocycles. The van der Waals surface area contributed by atoms with Crippen molar-refractivity contribution in [3.05, 3.63) is 41.5 Å². The lowest BCUT2D eigenvalue weighted by atomic mass is 10.00. The number of carbonyl (C=O) groups is 2. The summed E-state index contributed by atoms with van der Waals surface area (Å²) in [4.78, 5) is 27.9. The van der Waals surface area contributed by atoms with Gasteiger partial charge < -0.3 is 15.4 Å². The predicted molar refractivity (Wildman–Crippen MR) is 121 cm³/mol. The Morgan fingerprint density at radius 1 is 1.17 bits per heavy atom. The zero-order valence-electron chi connectivity index (χ0n) is 19.0. The Labute approximate surface area is 181 Å². The van der Waals surface area contributed by atoms with E-state index in [0.717, 1.165) is 38.2 Å². The van der Waals surface area contributed by atoms with Gasteiger partial charge in [0, 0.05) is 31.2 Å². The van der Waals surface area contributed by atoms with Crippen molar-refractivity contribution < 1.29 is 14.3 Å². The van der Waals surface area contributed by atoms with Gasteiger partial charge in [0.1, 0.15) is 11.8 Å². The van der Waals surface area contributed by atoms with E-state index in [1.54, 1.807) is 24.3 Å². The SMILES string of the molecule is CCOc1ccc(C(=O)NC(C(=O)NC2CCN(CC=C(C)C)CC2)C(C)C)cc1. The van der Waals surface area contributed by atoms with Crippen LogP contribution in [0.3, 0.4) is 0 Å². The van der Waals surface area contributed by atoms with Crippen LogP contribution in [0, 0.1) is 5.92 Å². The highest BCUT2D eigenvalue weighted by molar-refractivity contribution is 5.97. The van der Waals surface area contributed by atoms with Crippen LogP contribution in [0.25, 0.3) is 0 Å². The minimum Gasteiger partial charge on any atom is -0.494 e. The molecule has 30 heavy (non-hydrogen) atoms. The molecule has 0 aromatic heterocycles. The number of amides is 2. The maximum Gasteiger partial charge on any atom is 0.251 e. The second-order valence-electron chi connectivity index (χ2n) is 8.52. The second kappa shape index (κ2) is 11.7. The first-order valence-corrected chi connectivity index (χ1v) is 11.0. The van der Waals surface area contributed by atoms with Crippen LogP contribution in [0.5, 0.6) is 5.75 Å². The van der Waals surface area contributed by atoms with Gasteiger partial charge in [0.15, 0.2) is 0 Å². The summed E-state index contributed by atoms with van der Waals surface area (Å²) in [7, 11) is 0. The molecule has 0 radical (unpaired) electrons. The summed E-state index contributed by atoms with van der Waals surface area (Å²) in [6.07, 6.45) is 4.10. The van der Waals surface area contributed by atoms with E-state index in [-0.39, 0.29) is 23.8 Å². The standard InChI is InChI=1S/C24H37N3O3/c1-6-30-21-9-7-19(8-10-21)23(28)26-22(18(4)5)24(29)25-20-12-15-27(16-13-20)14-11-17(2)3/h7-11,18,20,22H,6,12-16H2,1-5H3,(H,25,29)(H,26,28). The third kappa shape index (κ3) is 7.48. The summed E-state index contributed by atoms with van der Waals surface area (Å²) in [6.45, 7) is 13.5. The Morgan fingerprint density at radius 2 is 1.80 bits per heavy atom. The summed E-state index contributed by atoms with van der Waals surface area (Å²) in [5, 5.41) is 6.06. The number of benzene rings is 1. The van der Waals surface area contributed by atoms with Crippen molar-refractivity contribution >= 4 is 11.8 Å². The van der Waals surface area contributed by atoms with Gasteiger partial charge in [0.05, 0.1) is 6.61 Å². The zero-order valence-corrected chi connectivity index (χ0v) is 19.0. The smallest absolute Gasteiger partial charge is 0.251 e. The van der Waals surface area contributed by atoms with Gasteiger partial charge in [-0.3, -0.25) is 14.5 Å². The van der Waals surface area contributed by atoms with Crippen molar-refractivity contribution in [2.45, 2.75) is 59.5 Å². The number of allylic oxidation sites excluding steroid dienone is 1. The third-order valence-electron chi connectivity index (χ3n) is 5.35. The molecular formula is C24H37N3O3. The van der Waals surface area contributed by atoms with Gasteiger partial charge in [-0.25, -0.2) is 0 Å². The minimum atomic E-state index is -0.562. The molecule has 1 aliphatic rings. The highest BCUT2D eigenvalue weighted by atomic mass is 16.5. The van der Waals surface area contributed by atoms with E-state index in [1.165, 1.54) is 5.57 Å². The molecule has 1 saturated heterocycles. The molecule has 6 nitrogen and oxygen atoms in total. The summed E-state index contributed by atoms with van der Waals surface area (Å²) >= 11 is 0. The molecule has 166 valence electrons. The summed E-state index contributed by atoms with van der Waals surface area (Å²) in [5.74, 6) is 0.369. The lowest BCUT2D eigenvalue weighted by molar-refractivity contribution is -0.125. The number of nitrogens with one attached hydrogen (secondary N) is 2. The fraction of sp³-hybridized carbons (Fsp3) is 0.583. The van der Waals surface area contributed by atoms with Crippen molar-refractivity contribution in [3.63, 3.8) is 0 Å². The van der Waals surface area contributed by atoms with Gasteiger partial charge in [-0.2, -0.15) is 0 Å². The molecular weight excluding hydrogens is 378 g/mol. The molecule has 1 unspecified atom stereocenters. The molecule has 1 aliphatic heterocycles. The molecule has 1 atom stereocenters. The van der Waals surface area contributed by atoms with Crippen LogP contribution in [-0.2, 0) is 4.79 Å². The number of likely N-dealkylation sites (tertiary alicyclic amines) is 1. The Hall–Kier alpha value is -2.34. The number of piperidine rings is 1. The number of ether oxygens (including phenoxy) is 1. The van der Waals surface area contributed by atoms with Crippen LogP contribution >= 0.6 is 0 Å². The monoisotopic (exact) mass is 415 g/mol. The Morgan fingerprint density at radius 3 is 2.33 bits per heavy atom. The van der Waals surface area contributed by atoms with E-state index in [9.17, 15) is 9.59 Å². The second-order valence-corrected chi connectivity index (χ2v) is 8.52. The van der Waals surface area contributed by atoms with E-state index in [1.807, 2.05) is 20.8 Å². The summed E-state index contributed by atoms with van der Waals surface area (Å²) < 4.78 is 5.41. The molecule has 1 fully saturated rings. The summed E-state index contributed by atoms with van der Waals surface area (Å²) in [5.41, 5.74) is 1.85. The van der Waals surface area contributed by atoms with Crippen LogP contribution < -0.4 is 15.4 Å². The molecule has 1 aromatic carbocycles. The van der Waals surface area contributed by atoms with Crippen LogP contribution in [0.2, 0.25) is 0 Å². The van der Waals surface area contributed by atoms with Crippen LogP contribution in [0.15, 0.2) is 35.9 Å². The van der Waals surface area contributed by atoms with E-state index >= 15 is 0 Å². The average molecular weight is 416 g/mol. The molecule has 0 spiro atoms. The fourth-order valence-corrected chi connectivity index (χ4v) is 3.49. The maximum atomic E-state index is 12.9. The van der Waals surface area contributed by atoms with Crippen molar-refractivity contribution in [3.8, 4) is 5.75 Å². The Bertz CT molecular complexity index is 716. The largest absolute Gasteiger partial charge is 0.494 e. The van der Waals surface area contributed by atoms with Crippen molar-refractivity contribution in [2.75, 3.05) is 26.2 Å². The van der Waals surface area contributed by atoms with Crippen LogP contribution in [0.1, 0.15) is 57.8 Å². The first kappa shape index (κ1) is 23.9. The fourth-order valence-electron chi connectivity index (χ4n) is 3.49. The van der Waals surface area contributed by atoms with E-state index < -0.39 is 6.04 Å². The molecule has 0 aliphatic carbocycles. The first-order valence-electron chi connectivity index (χ1n) is 11.0. The quantitative estimate of drug-likeness (QED) is 0.607. The first-order chi connectivity index (χ1) is 14.3. The van der Waals surface area contributed by atoms with Gasteiger partial charge in [-0.05, 0) is 63.8 Å². The Balaban J connectivity index is 1.89. The zero-order chi connectivity index (χ0) is 22.1. The lowest BCUT2D eigenvalue weighted by Crippen LogP contribution is -2.54. The highest BCUT2D eigenvalue weighted by Gasteiger charge is 2.28. The third-order valence-corrected chi connectivity index (χ3v) is 5.35. The number of hydrogen-bond acceptors (Lipinski definition) is 4. The van der Waals surface area contributed by atoms with E-state index in [0.29, 0.717) is 12.2 Å². The van der Waals surface area contributed by atoms with E-state index in [2.05, 4.69) is 35.5 Å². The molecule has 1 heterocycles. The minimum absolute atomic E-state index is 0.00518. The van der Waals surface area contributed by atoms with Crippen LogP contribution in [0.4, 0.5) is 0 Å². The van der Waals surface area contributed by atoms with Crippen molar-refractivity contribution in [1.29, 1.82) is 0 Å². The number of rotatable bonds is 9. The van der Waals surface area contributed by atoms with Gasteiger partial charge in [-0.1, -0.05) is 25.5 Å².